The molecule has 130 valence electrons. The lowest BCUT2D eigenvalue weighted by atomic mass is 10.1. The van der Waals surface area contributed by atoms with E-state index in [1.165, 1.54) is 0 Å². The molecule has 0 amide bonds. The van der Waals surface area contributed by atoms with Crippen LogP contribution in [0.3, 0.4) is 0 Å². The minimum atomic E-state index is -0.773. The summed E-state index contributed by atoms with van der Waals surface area (Å²) in [5.74, 6) is -0.773. The molecule has 3 aromatic rings. The Hall–Kier alpha value is -3.02. The fourth-order valence-corrected chi connectivity index (χ4v) is 3.18. The molecule has 0 bridgehead atoms. The molecule has 0 spiro atoms. The van der Waals surface area contributed by atoms with Crippen LogP contribution in [0.4, 0.5) is 11.4 Å². The van der Waals surface area contributed by atoms with E-state index in [2.05, 4.69) is 4.57 Å². The molecule has 6 nitrogen and oxygen atoms in total. The number of fused-ring (bicyclic) bond motifs is 2. The highest BCUT2D eigenvalue weighted by Gasteiger charge is 2.11. The van der Waals surface area contributed by atoms with Crippen molar-refractivity contribution < 1.29 is 9.90 Å². The molecule has 0 saturated carbocycles. The lowest BCUT2D eigenvalue weighted by molar-refractivity contribution is -0.137. The van der Waals surface area contributed by atoms with Crippen LogP contribution in [-0.2, 0) is 11.3 Å². The molecule has 0 atom stereocenters. The Morgan fingerprint density at radius 2 is 1.48 bits per heavy atom. The maximum atomic E-state index is 12.8. The van der Waals surface area contributed by atoms with Crippen molar-refractivity contribution in [2.75, 3.05) is 11.5 Å². The number of carboxylic acids is 1. The van der Waals surface area contributed by atoms with E-state index in [-0.39, 0.29) is 11.8 Å². The molecule has 1 aromatic heterocycles. The number of carboxylic acid groups (broad SMARTS) is 1. The van der Waals surface area contributed by atoms with E-state index in [1.54, 1.807) is 24.3 Å². The summed E-state index contributed by atoms with van der Waals surface area (Å²) in [6, 6.07) is 10.7. The van der Waals surface area contributed by atoms with Crippen LogP contribution in [-0.4, -0.2) is 15.6 Å². The second-order valence-corrected chi connectivity index (χ2v) is 6.24. The van der Waals surface area contributed by atoms with Gasteiger partial charge < -0.3 is 21.1 Å². The second kappa shape index (κ2) is 6.84. The van der Waals surface area contributed by atoms with Gasteiger partial charge in [-0.3, -0.25) is 9.59 Å². The van der Waals surface area contributed by atoms with E-state index in [1.807, 2.05) is 12.1 Å². The topological polar surface area (TPSA) is 111 Å². The van der Waals surface area contributed by atoms with Gasteiger partial charge >= 0.3 is 5.97 Å². The summed E-state index contributed by atoms with van der Waals surface area (Å²) in [5.41, 5.74) is 14.4. The summed E-state index contributed by atoms with van der Waals surface area (Å²) in [7, 11) is 0. The molecule has 0 aliphatic rings. The van der Waals surface area contributed by atoms with E-state index in [9.17, 15) is 9.59 Å². The molecule has 2 aromatic carbocycles. The zero-order chi connectivity index (χ0) is 18.0. The predicted molar refractivity (Wildman–Crippen MR) is 101 cm³/mol. The van der Waals surface area contributed by atoms with Crippen LogP contribution in [0.15, 0.2) is 41.2 Å². The summed E-state index contributed by atoms with van der Waals surface area (Å²) in [6.45, 7) is 0.695. The zero-order valence-electron chi connectivity index (χ0n) is 13.9. The molecule has 1 heterocycles. The Balaban J connectivity index is 2.06. The highest BCUT2D eigenvalue weighted by atomic mass is 16.4. The summed E-state index contributed by atoms with van der Waals surface area (Å²) in [6.07, 6.45) is 2.46. The number of hydrogen-bond acceptors (Lipinski definition) is 4. The summed E-state index contributed by atoms with van der Waals surface area (Å²) < 4.78 is 2.09. The van der Waals surface area contributed by atoms with E-state index >= 15 is 0 Å². The smallest absolute Gasteiger partial charge is 0.303 e. The van der Waals surface area contributed by atoms with Gasteiger partial charge in [-0.2, -0.15) is 0 Å². The Kier molecular flexibility index (Phi) is 4.61. The van der Waals surface area contributed by atoms with Gasteiger partial charge in [0, 0.05) is 35.1 Å². The number of rotatable bonds is 6. The van der Waals surface area contributed by atoms with Crippen molar-refractivity contribution >= 4 is 39.1 Å². The monoisotopic (exact) mass is 339 g/mol. The SMILES string of the molecule is Nc1ccc2c(c1)c(=O)c1cc(N)ccc1n2CCCCCC(=O)O. The van der Waals surface area contributed by atoms with Crippen LogP contribution in [0.25, 0.3) is 21.8 Å². The number of hydrogen-bond donors (Lipinski definition) is 3. The number of aliphatic carboxylic acids is 1. The molecule has 0 unspecified atom stereocenters. The van der Waals surface area contributed by atoms with Gasteiger partial charge in [-0.1, -0.05) is 6.42 Å². The first-order chi connectivity index (χ1) is 12.0. The molecule has 0 saturated heterocycles. The largest absolute Gasteiger partial charge is 0.481 e. The Morgan fingerprint density at radius 1 is 0.920 bits per heavy atom. The first-order valence-electron chi connectivity index (χ1n) is 8.30. The number of nitrogens with two attached hydrogens (primary N) is 2. The number of nitrogen functional groups attached to an aromatic ring is 2. The molecule has 0 fully saturated rings. The van der Waals surface area contributed by atoms with Crippen LogP contribution in [0.1, 0.15) is 25.7 Å². The van der Waals surface area contributed by atoms with Crippen molar-refractivity contribution in [3.63, 3.8) is 0 Å². The van der Waals surface area contributed by atoms with Crippen molar-refractivity contribution in [3.8, 4) is 0 Å². The zero-order valence-corrected chi connectivity index (χ0v) is 13.9. The number of pyridine rings is 1. The Bertz CT molecular complexity index is 942. The normalized spacial score (nSPS) is 11.2. The average Bonchev–Trinajstić information content (AvgIpc) is 2.57. The van der Waals surface area contributed by atoms with Gasteiger partial charge in [0.1, 0.15) is 0 Å². The Labute approximate surface area is 144 Å². The molecule has 3 rings (SSSR count). The standard InChI is InChI=1S/C19H21N3O3/c20-12-5-7-16-14(10-12)19(25)15-11-13(21)6-8-17(15)22(16)9-3-1-2-4-18(23)24/h5-8,10-11H,1-4,9,20-21H2,(H,23,24). The van der Waals surface area contributed by atoms with Gasteiger partial charge in [-0.05, 0) is 49.2 Å². The fourth-order valence-electron chi connectivity index (χ4n) is 3.18. The van der Waals surface area contributed by atoms with Crippen LogP contribution in [0.2, 0.25) is 0 Å². The number of unbranched alkanes of at least 4 members (excludes halogenated alkanes) is 2. The second-order valence-electron chi connectivity index (χ2n) is 6.24. The molecule has 25 heavy (non-hydrogen) atoms. The summed E-state index contributed by atoms with van der Waals surface area (Å²) >= 11 is 0. The maximum absolute atomic E-state index is 12.8. The molecule has 0 aliphatic heterocycles. The number of aromatic nitrogens is 1. The van der Waals surface area contributed by atoms with E-state index in [0.717, 1.165) is 23.9 Å². The molecule has 6 heteroatoms. The van der Waals surface area contributed by atoms with Crippen molar-refractivity contribution in [1.82, 2.24) is 4.57 Å². The third kappa shape index (κ3) is 3.42. The average molecular weight is 339 g/mol. The minimum absolute atomic E-state index is 0.0771. The fraction of sp³-hybridized carbons (Fsp3) is 0.263. The molecule has 5 N–H and O–H groups in total. The summed E-state index contributed by atoms with van der Waals surface area (Å²) in [5, 5.41) is 9.88. The molecular weight excluding hydrogens is 318 g/mol. The lowest BCUT2D eigenvalue weighted by Crippen LogP contribution is -2.12. The van der Waals surface area contributed by atoms with Crippen molar-refractivity contribution in [3.05, 3.63) is 46.6 Å². The van der Waals surface area contributed by atoms with E-state index < -0.39 is 5.97 Å². The first-order valence-corrected chi connectivity index (χ1v) is 8.30. The summed E-state index contributed by atoms with van der Waals surface area (Å²) in [4.78, 5) is 23.4. The maximum Gasteiger partial charge on any atom is 0.303 e. The Morgan fingerprint density at radius 3 is 2.00 bits per heavy atom. The van der Waals surface area contributed by atoms with Gasteiger partial charge in [0.05, 0.1) is 11.0 Å². The van der Waals surface area contributed by atoms with Gasteiger partial charge in [-0.15, -0.1) is 0 Å². The number of benzene rings is 2. The minimum Gasteiger partial charge on any atom is -0.481 e. The van der Waals surface area contributed by atoms with Crippen LogP contribution in [0, 0.1) is 0 Å². The van der Waals surface area contributed by atoms with Crippen LogP contribution >= 0.6 is 0 Å². The first kappa shape index (κ1) is 16.8. The number of aryl methyl sites for hydroxylation is 1. The predicted octanol–water partition coefficient (Wildman–Crippen LogP) is 2.96. The van der Waals surface area contributed by atoms with E-state index in [0.29, 0.717) is 35.1 Å². The van der Waals surface area contributed by atoms with Crippen LogP contribution < -0.4 is 16.9 Å². The lowest BCUT2D eigenvalue weighted by Gasteiger charge is -2.16. The van der Waals surface area contributed by atoms with E-state index in [4.69, 9.17) is 16.6 Å². The van der Waals surface area contributed by atoms with Crippen molar-refractivity contribution in [2.24, 2.45) is 0 Å². The van der Waals surface area contributed by atoms with Crippen molar-refractivity contribution in [1.29, 1.82) is 0 Å². The molecular formula is C19H21N3O3. The van der Waals surface area contributed by atoms with Gasteiger partial charge in [0.25, 0.3) is 0 Å². The quantitative estimate of drug-likeness (QED) is 0.363. The van der Waals surface area contributed by atoms with Crippen LogP contribution in [0.5, 0.6) is 0 Å². The van der Waals surface area contributed by atoms with Gasteiger partial charge in [0.2, 0.25) is 0 Å². The highest BCUT2D eigenvalue weighted by Crippen LogP contribution is 2.23. The highest BCUT2D eigenvalue weighted by molar-refractivity contribution is 5.95. The number of anilines is 2. The molecule has 0 aliphatic carbocycles. The van der Waals surface area contributed by atoms with Crippen molar-refractivity contribution in [2.45, 2.75) is 32.2 Å². The third-order valence-electron chi connectivity index (χ3n) is 4.38. The van der Waals surface area contributed by atoms with Gasteiger partial charge in [-0.25, -0.2) is 0 Å². The third-order valence-corrected chi connectivity index (χ3v) is 4.38. The van der Waals surface area contributed by atoms with Gasteiger partial charge in [0.15, 0.2) is 5.43 Å². The number of carbonyl (C=O) groups is 1. The molecule has 0 radical (unpaired) electrons. The number of nitrogens with zero attached hydrogens (tertiary/aromatic N) is 1.